The van der Waals surface area contributed by atoms with Crippen LogP contribution in [0, 0.1) is 6.92 Å². The van der Waals surface area contributed by atoms with Gasteiger partial charge in [0.2, 0.25) is 0 Å². The fourth-order valence-electron chi connectivity index (χ4n) is 3.22. The highest BCUT2D eigenvalue weighted by Crippen LogP contribution is 2.24. The highest BCUT2D eigenvalue weighted by molar-refractivity contribution is 6.35. The summed E-state index contributed by atoms with van der Waals surface area (Å²) in [6.07, 6.45) is 0. The van der Waals surface area contributed by atoms with E-state index < -0.39 is 0 Å². The summed E-state index contributed by atoms with van der Waals surface area (Å²) in [6.45, 7) is 7.76. The summed E-state index contributed by atoms with van der Waals surface area (Å²) in [4.78, 5) is 12.1. The smallest absolute Gasteiger partial charge is 0.338 e. The van der Waals surface area contributed by atoms with Crippen LogP contribution in [0.3, 0.4) is 0 Å². The van der Waals surface area contributed by atoms with Crippen molar-refractivity contribution >= 4 is 40.2 Å². The van der Waals surface area contributed by atoms with Crippen molar-refractivity contribution in [1.82, 2.24) is 4.57 Å². The fraction of sp³-hybridized carbons (Fsp3) is 0.300. The molecule has 0 saturated heterocycles. The van der Waals surface area contributed by atoms with Gasteiger partial charge in [0.15, 0.2) is 11.0 Å². The normalized spacial score (nSPS) is 11.1. The molecule has 2 aromatic carbocycles. The minimum Gasteiger partial charge on any atom is -0.462 e. The number of nitrogens with zero attached hydrogens (tertiary/aromatic N) is 2. The van der Waals surface area contributed by atoms with Gasteiger partial charge in [-0.2, -0.15) is 0 Å². The number of fused-ring (bicyclic) bond motifs is 1. The lowest BCUT2D eigenvalue weighted by Crippen LogP contribution is -2.35. The monoisotopic (exact) mass is 391 g/mol. The molecule has 1 aromatic heterocycles. The number of carbonyl (C=O) groups excluding carboxylic acids is 1. The van der Waals surface area contributed by atoms with Gasteiger partial charge in [0.25, 0.3) is 5.82 Å². The number of imidazole rings is 1. The van der Waals surface area contributed by atoms with Gasteiger partial charge in [-0.1, -0.05) is 29.3 Å². The molecule has 1 heterocycles. The summed E-state index contributed by atoms with van der Waals surface area (Å²) >= 11 is 12.4. The van der Waals surface area contributed by atoms with Crippen molar-refractivity contribution in [3.05, 3.63) is 63.4 Å². The number of aromatic nitrogens is 2. The third-order valence-electron chi connectivity index (χ3n) is 4.51. The number of hydrogen-bond acceptors (Lipinski definition) is 2. The topological polar surface area (TPSA) is 35.1 Å². The Labute approximate surface area is 162 Å². The number of rotatable bonds is 5. The largest absolute Gasteiger partial charge is 0.462 e. The van der Waals surface area contributed by atoms with E-state index in [1.807, 2.05) is 30.3 Å². The minimum atomic E-state index is -0.313. The predicted octanol–water partition coefficient (Wildman–Crippen LogP) is 4.79. The van der Waals surface area contributed by atoms with E-state index in [9.17, 15) is 4.79 Å². The van der Waals surface area contributed by atoms with E-state index in [1.54, 1.807) is 13.0 Å². The van der Waals surface area contributed by atoms with Crippen molar-refractivity contribution in [3.8, 4) is 0 Å². The van der Waals surface area contributed by atoms with Crippen molar-refractivity contribution in [3.63, 3.8) is 0 Å². The molecular weight excluding hydrogens is 371 g/mol. The van der Waals surface area contributed by atoms with Crippen molar-refractivity contribution in [2.75, 3.05) is 6.61 Å². The Morgan fingerprint density at radius 3 is 2.58 bits per heavy atom. The lowest BCUT2D eigenvalue weighted by molar-refractivity contribution is -0.674. The Morgan fingerprint density at radius 2 is 1.92 bits per heavy atom. The molecule has 0 aliphatic heterocycles. The van der Waals surface area contributed by atoms with E-state index in [1.165, 1.54) is 0 Å². The van der Waals surface area contributed by atoms with Gasteiger partial charge in [-0.05, 0) is 38.1 Å². The van der Waals surface area contributed by atoms with E-state index in [-0.39, 0.29) is 5.97 Å². The zero-order valence-electron chi connectivity index (χ0n) is 15.1. The molecular formula is C20H21Cl2N2O2+. The van der Waals surface area contributed by atoms with Crippen molar-refractivity contribution in [1.29, 1.82) is 0 Å². The highest BCUT2D eigenvalue weighted by Gasteiger charge is 2.23. The van der Waals surface area contributed by atoms with Gasteiger partial charge >= 0.3 is 5.97 Å². The molecule has 0 aliphatic rings. The standard InChI is InChI=1S/C20H21Cl2N2O2/c1-4-23-13(3)24(12-15-6-8-16(21)11-17(15)22)19-10-14(7-9-18(19)23)20(25)26-5-2/h6-11H,4-5,12H2,1-3H3/q+1. The molecule has 26 heavy (non-hydrogen) atoms. The number of benzene rings is 2. The van der Waals surface area contributed by atoms with Gasteiger partial charge in [0, 0.05) is 28.6 Å². The summed E-state index contributed by atoms with van der Waals surface area (Å²) in [5.41, 5.74) is 3.56. The minimum absolute atomic E-state index is 0.313. The molecule has 6 heteroatoms. The molecule has 0 fully saturated rings. The van der Waals surface area contributed by atoms with Crippen LogP contribution in [0.15, 0.2) is 36.4 Å². The Hall–Kier alpha value is -2.04. The lowest BCUT2D eigenvalue weighted by atomic mass is 10.2. The highest BCUT2D eigenvalue weighted by atomic mass is 35.5. The van der Waals surface area contributed by atoms with Crippen molar-refractivity contribution in [2.24, 2.45) is 0 Å². The molecule has 0 amide bonds. The molecule has 136 valence electrons. The number of aryl methyl sites for hydroxylation is 1. The number of esters is 1. The number of hydrogen-bond donors (Lipinski definition) is 0. The quantitative estimate of drug-likeness (QED) is 0.462. The van der Waals surface area contributed by atoms with Crippen LogP contribution < -0.4 is 4.57 Å². The first-order valence-electron chi connectivity index (χ1n) is 8.60. The molecule has 0 saturated carbocycles. The molecule has 3 rings (SSSR count). The van der Waals surface area contributed by atoms with Crippen LogP contribution in [-0.2, 0) is 17.8 Å². The molecule has 0 atom stereocenters. The average molecular weight is 392 g/mol. The van der Waals surface area contributed by atoms with Gasteiger partial charge < -0.3 is 4.74 Å². The number of halogens is 2. The molecule has 0 spiro atoms. The Kier molecular flexibility index (Phi) is 5.54. The Morgan fingerprint density at radius 1 is 1.15 bits per heavy atom. The third kappa shape index (κ3) is 3.44. The van der Waals surface area contributed by atoms with Crippen LogP contribution in [-0.4, -0.2) is 17.1 Å². The summed E-state index contributed by atoms with van der Waals surface area (Å²) in [5, 5.41) is 1.24. The first-order chi connectivity index (χ1) is 12.5. The summed E-state index contributed by atoms with van der Waals surface area (Å²) in [5.74, 6) is 0.780. The second kappa shape index (κ2) is 7.68. The van der Waals surface area contributed by atoms with E-state index in [0.29, 0.717) is 28.8 Å². The van der Waals surface area contributed by atoms with Crippen LogP contribution in [0.4, 0.5) is 0 Å². The SMILES string of the molecule is CCOC(=O)c1ccc2c(c1)n(Cc1ccc(Cl)cc1Cl)c(C)[n+]2CC. The molecule has 0 bridgehead atoms. The fourth-order valence-corrected chi connectivity index (χ4v) is 3.69. The van der Waals surface area contributed by atoms with E-state index in [4.69, 9.17) is 27.9 Å². The van der Waals surface area contributed by atoms with Crippen LogP contribution in [0.1, 0.15) is 35.6 Å². The maximum Gasteiger partial charge on any atom is 0.338 e. The van der Waals surface area contributed by atoms with Gasteiger partial charge in [0.05, 0.1) is 18.7 Å². The van der Waals surface area contributed by atoms with E-state index in [2.05, 4.69) is 23.0 Å². The maximum atomic E-state index is 12.1. The number of ether oxygens (including phenoxy) is 1. The molecule has 0 radical (unpaired) electrons. The Bertz CT molecular complexity index is 980. The van der Waals surface area contributed by atoms with Crippen molar-refractivity contribution in [2.45, 2.75) is 33.9 Å². The first kappa shape index (κ1) is 18.7. The van der Waals surface area contributed by atoms with Crippen molar-refractivity contribution < 1.29 is 14.1 Å². The van der Waals surface area contributed by atoms with Gasteiger partial charge in [-0.3, -0.25) is 0 Å². The van der Waals surface area contributed by atoms with Crippen LogP contribution >= 0.6 is 23.2 Å². The second-order valence-corrected chi connectivity index (χ2v) is 6.88. The van der Waals surface area contributed by atoms with E-state index in [0.717, 1.165) is 29.0 Å². The van der Waals surface area contributed by atoms with Crippen LogP contribution in [0.5, 0.6) is 0 Å². The van der Waals surface area contributed by atoms with E-state index >= 15 is 0 Å². The summed E-state index contributed by atoms with van der Waals surface area (Å²) in [6, 6.07) is 11.2. The first-order valence-corrected chi connectivity index (χ1v) is 9.35. The zero-order valence-corrected chi connectivity index (χ0v) is 16.6. The van der Waals surface area contributed by atoms with Crippen LogP contribution in [0.2, 0.25) is 10.0 Å². The maximum absolute atomic E-state index is 12.1. The zero-order chi connectivity index (χ0) is 18.8. The lowest BCUT2D eigenvalue weighted by Gasteiger charge is -2.05. The van der Waals surface area contributed by atoms with Gasteiger partial charge in [-0.25, -0.2) is 13.9 Å². The molecule has 0 aliphatic carbocycles. The summed E-state index contributed by atoms with van der Waals surface area (Å²) in [7, 11) is 0. The molecule has 0 unspecified atom stereocenters. The second-order valence-electron chi connectivity index (χ2n) is 6.04. The molecule has 4 nitrogen and oxygen atoms in total. The Balaban J connectivity index is 2.14. The number of carbonyl (C=O) groups is 1. The van der Waals surface area contributed by atoms with Crippen LogP contribution in [0.25, 0.3) is 11.0 Å². The molecule has 0 N–H and O–H groups in total. The summed E-state index contributed by atoms with van der Waals surface area (Å²) < 4.78 is 9.52. The molecule has 3 aromatic rings. The van der Waals surface area contributed by atoms with Gasteiger partial charge in [0.1, 0.15) is 6.54 Å². The predicted molar refractivity (Wildman–Crippen MR) is 104 cm³/mol. The average Bonchev–Trinajstić information content (AvgIpc) is 2.88. The third-order valence-corrected chi connectivity index (χ3v) is 5.10. The van der Waals surface area contributed by atoms with Gasteiger partial charge in [-0.15, -0.1) is 0 Å².